The van der Waals surface area contributed by atoms with Crippen LogP contribution in [-0.2, 0) is 0 Å². The molecule has 0 amide bonds. The van der Waals surface area contributed by atoms with E-state index in [4.69, 9.17) is 0 Å². The first-order valence-corrected chi connectivity index (χ1v) is 4.01. The van der Waals surface area contributed by atoms with E-state index in [0.29, 0.717) is 0 Å². The molecule has 2 nitrogen and oxygen atoms in total. The van der Waals surface area contributed by atoms with Gasteiger partial charge in [-0.25, -0.2) is 0 Å². The summed E-state index contributed by atoms with van der Waals surface area (Å²) in [6, 6.07) is 7.43. The van der Waals surface area contributed by atoms with E-state index < -0.39 is 0 Å². The van der Waals surface area contributed by atoms with Crippen LogP contribution in [0.4, 0.5) is 0 Å². The van der Waals surface area contributed by atoms with Crippen LogP contribution < -0.4 is 0 Å². The fourth-order valence-corrected chi connectivity index (χ4v) is 0.826. The summed E-state index contributed by atoms with van der Waals surface area (Å²) in [6.45, 7) is 3.99. The van der Waals surface area contributed by atoms with E-state index in [1.807, 2.05) is 26.0 Å². The zero-order valence-electron chi connectivity index (χ0n) is 7.36. The lowest BCUT2D eigenvalue weighted by atomic mass is 10.2. The molecular formula is C10H13NO. The lowest BCUT2D eigenvalue weighted by Gasteiger charge is -1.98. The van der Waals surface area contributed by atoms with Crippen LogP contribution in [0.3, 0.4) is 0 Å². The fourth-order valence-electron chi connectivity index (χ4n) is 0.826. The molecule has 0 aromatic heterocycles. The van der Waals surface area contributed by atoms with Gasteiger partial charge in [0.1, 0.15) is 5.75 Å². The Bertz CT molecular complexity index is 279. The number of aliphatic imine (C=N–C) groups is 1. The number of rotatable bonds is 2. The molecule has 0 saturated heterocycles. The standard InChI is InChI=1S/C10H13NO/c1-8(2)11-7-9-5-3-4-6-10(9)12/h3-8,12H,1-2H3/b11-7-. The Morgan fingerprint density at radius 2 is 2.00 bits per heavy atom. The summed E-state index contributed by atoms with van der Waals surface area (Å²) < 4.78 is 0. The highest BCUT2D eigenvalue weighted by atomic mass is 16.3. The van der Waals surface area contributed by atoms with Crippen molar-refractivity contribution in [2.45, 2.75) is 19.9 Å². The first-order valence-electron chi connectivity index (χ1n) is 4.01. The molecule has 1 N–H and O–H groups in total. The third-order valence-electron chi connectivity index (χ3n) is 1.45. The van der Waals surface area contributed by atoms with Crippen LogP contribution in [0.1, 0.15) is 19.4 Å². The number of hydrogen-bond acceptors (Lipinski definition) is 2. The SMILES string of the molecule is CC(C)/N=C\c1ccccc1O. The van der Waals surface area contributed by atoms with Gasteiger partial charge in [0.05, 0.1) is 0 Å². The lowest BCUT2D eigenvalue weighted by Crippen LogP contribution is -1.90. The third-order valence-corrected chi connectivity index (χ3v) is 1.45. The second kappa shape index (κ2) is 3.90. The molecule has 0 unspecified atom stereocenters. The van der Waals surface area contributed by atoms with Crippen LogP contribution >= 0.6 is 0 Å². The quantitative estimate of drug-likeness (QED) is 0.666. The van der Waals surface area contributed by atoms with Crippen LogP contribution in [-0.4, -0.2) is 17.4 Å². The number of benzene rings is 1. The highest BCUT2D eigenvalue weighted by Gasteiger charge is 1.94. The van der Waals surface area contributed by atoms with Gasteiger partial charge in [0.2, 0.25) is 0 Å². The van der Waals surface area contributed by atoms with Gasteiger partial charge >= 0.3 is 0 Å². The molecule has 12 heavy (non-hydrogen) atoms. The molecule has 2 heteroatoms. The normalized spacial score (nSPS) is 11.2. The molecule has 64 valence electrons. The monoisotopic (exact) mass is 163 g/mol. The van der Waals surface area contributed by atoms with Gasteiger partial charge in [0.25, 0.3) is 0 Å². The van der Waals surface area contributed by atoms with Crippen molar-refractivity contribution in [3.63, 3.8) is 0 Å². The predicted molar refractivity (Wildman–Crippen MR) is 50.8 cm³/mol. The lowest BCUT2D eigenvalue weighted by molar-refractivity contribution is 0.474. The molecule has 0 spiro atoms. The molecule has 0 aliphatic carbocycles. The summed E-state index contributed by atoms with van der Waals surface area (Å²) in [5, 5.41) is 9.33. The van der Waals surface area contributed by atoms with Gasteiger partial charge in [0.15, 0.2) is 0 Å². The van der Waals surface area contributed by atoms with E-state index in [1.54, 1.807) is 18.3 Å². The molecule has 1 aromatic carbocycles. The first-order chi connectivity index (χ1) is 5.70. The van der Waals surface area contributed by atoms with Crippen LogP contribution in [0.2, 0.25) is 0 Å². The van der Waals surface area contributed by atoms with Gasteiger partial charge in [-0.15, -0.1) is 0 Å². The Morgan fingerprint density at radius 3 is 2.58 bits per heavy atom. The van der Waals surface area contributed by atoms with Crippen molar-refractivity contribution in [1.82, 2.24) is 0 Å². The maximum Gasteiger partial charge on any atom is 0.124 e. The van der Waals surface area contributed by atoms with Crippen LogP contribution in [0.25, 0.3) is 0 Å². The fraction of sp³-hybridized carbons (Fsp3) is 0.300. The molecule has 0 bridgehead atoms. The topological polar surface area (TPSA) is 32.6 Å². The van der Waals surface area contributed by atoms with Gasteiger partial charge in [-0.2, -0.15) is 0 Å². The number of aromatic hydroxyl groups is 1. The summed E-state index contributed by atoms with van der Waals surface area (Å²) >= 11 is 0. The van der Waals surface area contributed by atoms with E-state index in [1.165, 1.54) is 0 Å². The number of nitrogens with zero attached hydrogens (tertiary/aromatic N) is 1. The Kier molecular flexibility index (Phi) is 2.86. The van der Waals surface area contributed by atoms with E-state index in [-0.39, 0.29) is 11.8 Å². The molecule has 1 rings (SSSR count). The van der Waals surface area contributed by atoms with Gasteiger partial charge in [-0.05, 0) is 26.0 Å². The maximum absolute atomic E-state index is 9.33. The third kappa shape index (κ3) is 2.38. The number of phenolic OH excluding ortho intramolecular Hbond substituents is 1. The zero-order valence-corrected chi connectivity index (χ0v) is 7.36. The number of hydrogen-bond donors (Lipinski definition) is 1. The molecule has 0 fully saturated rings. The summed E-state index contributed by atoms with van der Waals surface area (Å²) in [4.78, 5) is 4.17. The highest BCUT2D eigenvalue weighted by Crippen LogP contribution is 2.12. The summed E-state index contributed by atoms with van der Waals surface area (Å²) in [7, 11) is 0. The molecule has 0 radical (unpaired) electrons. The maximum atomic E-state index is 9.33. The molecular weight excluding hydrogens is 150 g/mol. The first kappa shape index (κ1) is 8.78. The molecule has 1 aromatic rings. The summed E-state index contributed by atoms with van der Waals surface area (Å²) in [5.74, 6) is 0.280. The van der Waals surface area contributed by atoms with E-state index >= 15 is 0 Å². The van der Waals surface area contributed by atoms with Crippen LogP contribution in [0.5, 0.6) is 5.75 Å². The van der Waals surface area contributed by atoms with Crippen molar-refractivity contribution in [3.8, 4) is 5.75 Å². The number of para-hydroxylation sites is 1. The Hall–Kier alpha value is -1.31. The summed E-state index contributed by atoms with van der Waals surface area (Å²) in [5.41, 5.74) is 0.770. The Labute approximate surface area is 72.6 Å². The molecule has 0 heterocycles. The predicted octanol–water partition coefficient (Wildman–Crippen LogP) is 2.22. The van der Waals surface area contributed by atoms with Crippen molar-refractivity contribution >= 4 is 6.21 Å². The van der Waals surface area contributed by atoms with Crippen molar-refractivity contribution in [3.05, 3.63) is 29.8 Å². The van der Waals surface area contributed by atoms with Crippen LogP contribution in [0, 0.1) is 0 Å². The van der Waals surface area contributed by atoms with E-state index in [0.717, 1.165) is 5.56 Å². The Morgan fingerprint density at radius 1 is 1.33 bits per heavy atom. The number of phenols is 1. The molecule has 0 aliphatic rings. The van der Waals surface area contributed by atoms with Gasteiger partial charge in [0, 0.05) is 17.8 Å². The van der Waals surface area contributed by atoms with Crippen LogP contribution in [0.15, 0.2) is 29.3 Å². The zero-order chi connectivity index (χ0) is 8.97. The van der Waals surface area contributed by atoms with Gasteiger partial charge in [-0.1, -0.05) is 12.1 Å². The minimum Gasteiger partial charge on any atom is -0.507 e. The van der Waals surface area contributed by atoms with Crippen molar-refractivity contribution in [2.75, 3.05) is 0 Å². The van der Waals surface area contributed by atoms with Gasteiger partial charge < -0.3 is 5.11 Å². The van der Waals surface area contributed by atoms with Crippen molar-refractivity contribution in [2.24, 2.45) is 4.99 Å². The molecule has 0 atom stereocenters. The molecule has 0 aliphatic heterocycles. The minimum absolute atomic E-state index is 0.268. The second-order valence-electron chi connectivity index (χ2n) is 2.93. The minimum atomic E-state index is 0.268. The van der Waals surface area contributed by atoms with E-state index in [9.17, 15) is 5.11 Å². The smallest absolute Gasteiger partial charge is 0.124 e. The van der Waals surface area contributed by atoms with E-state index in [2.05, 4.69) is 4.99 Å². The van der Waals surface area contributed by atoms with Crippen molar-refractivity contribution < 1.29 is 5.11 Å². The van der Waals surface area contributed by atoms with Crippen molar-refractivity contribution in [1.29, 1.82) is 0 Å². The Balaban J connectivity index is 2.82. The highest BCUT2D eigenvalue weighted by molar-refractivity contribution is 5.83. The molecule has 0 saturated carbocycles. The summed E-state index contributed by atoms with van der Waals surface area (Å²) in [6.07, 6.45) is 1.69. The van der Waals surface area contributed by atoms with Gasteiger partial charge in [-0.3, -0.25) is 4.99 Å². The average molecular weight is 163 g/mol. The largest absolute Gasteiger partial charge is 0.507 e. The average Bonchev–Trinajstić information content (AvgIpc) is 2.03. The second-order valence-corrected chi connectivity index (χ2v) is 2.93.